The normalized spacial score (nSPS) is 17.8. The third-order valence-corrected chi connectivity index (χ3v) is 10.4. The summed E-state index contributed by atoms with van der Waals surface area (Å²) >= 11 is 0. The van der Waals surface area contributed by atoms with Gasteiger partial charge < -0.3 is 29.9 Å². The molecular weight excluding hydrogens is 749 g/mol. The van der Waals surface area contributed by atoms with Crippen molar-refractivity contribution >= 4 is 25.7 Å². The second kappa shape index (κ2) is 35.4. The molecule has 5 atom stereocenters. The zero-order chi connectivity index (χ0) is 41.8. The van der Waals surface area contributed by atoms with Gasteiger partial charge in [0.25, 0.3) is 0 Å². The fourth-order valence-electron chi connectivity index (χ4n) is 5.86. The Hall–Kier alpha value is -2.60. The molecule has 0 aromatic carbocycles. The number of unbranched alkanes of at least 4 members (excludes halogenated alkanes) is 15. The van der Waals surface area contributed by atoms with Gasteiger partial charge in [-0.3, -0.25) is 23.4 Å². The molecule has 0 radical (unpaired) electrons. The summed E-state index contributed by atoms with van der Waals surface area (Å²) in [5.74, 6) is -2.47. The molecule has 1 aliphatic rings. The minimum Gasteiger partial charge on any atom is -0.480 e. The van der Waals surface area contributed by atoms with E-state index < -0.39 is 51.1 Å². The number of aliphatic carboxylic acids is 1. The van der Waals surface area contributed by atoms with E-state index >= 15 is 0 Å². The van der Waals surface area contributed by atoms with Crippen molar-refractivity contribution < 1.29 is 52.2 Å². The largest absolute Gasteiger partial charge is 0.480 e. The monoisotopic (exact) mass is 826 g/mol. The van der Waals surface area contributed by atoms with E-state index in [4.69, 9.17) is 29.6 Å². The lowest BCUT2D eigenvalue weighted by Gasteiger charge is -2.20. The number of esters is 2. The van der Waals surface area contributed by atoms with Crippen LogP contribution in [0.15, 0.2) is 48.6 Å². The van der Waals surface area contributed by atoms with Crippen molar-refractivity contribution in [1.82, 2.24) is 0 Å². The van der Waals surface area contributed by atoms with Crippen LogP contribution in [0.2, 0.25) is 0 Å². The quantitative estimate of drug-likeness (QED) is 0.0175. The number of carbonyl (C=O) groups is 3. The lowest BCUT2D eigenvalue weighted by molar-refractivity contribution is -0.161. The van der Waals surface area contributed by atoms with E-state index in [2.05, 4.69) is 54.8 Å². The van der Waals surface area contributed by atoms with Gasteiger partial charge in [-0.1, -0.05) is 127 Å². The Bertz CT molecular complexity index is 1220. The van der Waals surface area contributed by atoms with E-state index in [0.717, 1.165) is 64.2 Å². The number of ether oxygens (including phenoxy) is 3. The van der Waals surface area contributed by atoms with Crippen molar-refractivity contribution in [3.05, 3.63) is 48.6 Å². The Balaban J connectivity index is 2.34. The average Bonchev–Trinajstić information content (AvgIpc) is 3.94. The molecule has 0 aromatic rings. The van der Waals surface area contributed by atoms with Gasteiger partial charge in [-0.2, -0.15) is 0 Å². The molecular formula is C44H76NO11P. The van der Waals surface area contributed by atoms with Crippen molar-refractivity contribution in [3.8, 4) is 0 Å². The van der Waals surface area contributed by atoms with E-state index in [0.29, 0.717) is 31.5 Å². The summed E-state index contributed by atoms with van der Waals surface area (Å²) in [6, 6.07) is -1.53. The van der Waals surface area contributed by atoms with Gasteiger partial charge in [0.2, 0.25) is 0 Å². The Kier molecular flexibility index (Phi) is 32.5. The molecule has 0 aliphatic carbocycles. The van der Waals surface area contributed by atoms with Crippen molar-refractivity contribution in [1.29, 1.82) is 0 Å². The first-order valence-corrected chi connectivity index (χ1v) is 23.3. The smallest absolute Gasteiger partial charge is 0.472 e. The molecule has 1 saturated heterocycles. The average molecular weight is 826 g/mol. The molecule has 1 fully saturated rings. The molecule has 0 spiro atoms. The fraction of sp³-hybridized carbons (Fsp3) is 0.750. The maximum absolute atomic E-state index is 12.6. The summed E-state index contributed by atoms with van der Waals surface area (Å²) in [4.78, 5) is 46.0. The molecule has 4 N–H and O–H groups in total. The highest BCUT2D eigenvalue weighted by atomic mass is 31.2. The van der Waals surface area contributed by atoms with Crippen molar-refractivity contribution in [3.63, 3.8) is 0 Å². The van der Waals surface area contributed by atoms with Crippen LogP contribution >= 0.6 is 7.82 Å². The number of phosphoric acid groups is 1. The summed E-state index contributed by atoms with van der Waals surface area (Å²) in [6.45, 7) is 2.69. The van der Waals surface area contributed by atoms with Gasteiger partial charge in [-0.05, 0) is 77.0 Å². The summed E-state index contributed by atoms with van der Waals surface area (Å²) in [6.07, 6.45) is 40.7. The zero-order valence-electron chi connectivity index (χ0n) is 35.1. The van der Waals surface area contributed by atoms with E-state index in [-0.39, 0.29) is 19.4 Å². The summed E-state index contributed by atoms with van der Waals surface area (Å²) in [5, 5.41) is 8.89. The van der Waals surface area contributed by atoms with Gasteiger partial charge in [0, 0.05) is 12.8 Å². The van der Waals surface area contributed by atoms with Gasteiger partial charge >= 0.3 is 25.7 Å². The highest BCUT2D eigenvalue weighted by Gasteiger charge is 2.36. The Labute approximate surface area is 343 Å². The Morgan fingerprint density at radius 3 is 1.75 bits per heavy atom. The Morgan fingerprint density at radius 2 is 1.11 bits per heavy atom. The van der Waals surface area contributed by atoms with Crippen LogP contribution in [0, 0.1) is 0 Å². The van der Waals surface area contributed by atoms with Crippen molar-refractivity contribution in [2.75, 3.05) is 19.8 Å². The Morgan fingerprint density at radius 1 is 0.632 bits per heavy atom. The first kappa shape index (κ1) is 52.4. The number of epoxide rings is 1. The van der Waals surface area contributed by atoms with Crippen molar-refractivity contribution in [2.45, 2.75) is 192 Å². The molecule has 0 amide bonds. The molecule has 1 rings (SSSR count). The van der Waals surface area contributed by atoms with Crippen LogP contribution in [0.25, 0.3) is 0 Å². The number of carboxylic acids is 1. The van der Waals surface area contributed by atoms with Gasteiger partial charge in [-0.15, -0.1) is 0 Å². The molecule has 0 aromatic heterocycles. The lowest BCUT2D eigenvalue weighted by atomic mass is 10.1. The van der Waals surface area contributed by atoms with Crippen LogP contribution < -0.4 is 5.73 Å². The van der Waals surface area contributed by atoms with Gasteiger partial charge in [-0.25, -0.2) is 4.57 Å². The van der Waals surface area contributed by atoms with Crippen molar-refractivity contribution in [2.24, 2.45) is 5.73 Å². The van der Waals surface area contributed by atoms with Crippen LogP contribution in [0.4, 0.5) is 0 Å². The summed E-state index contributed by atoms with van der Waals surface area (Å²) < 4.78 is 38.4. The number of nitrogens with two attached hydrogens (primary N) is 1. The second-order valence-electron chi connectivity index (χ2n) is 14.9. The van der Waals surface area contributed by atoms with E-state index in [1.165, 1.54) is 57.8 Å². The van der Waals surface area contributed by atoms with E-state index in [1.807, 2.05) is 12.2 Å². The topological polar surface area (TPSA) is 184 Å². The molecule has 12 nitrogen and oxygen atoms in total. The van der Waals surface area contributed by atoms with Crippen LogP contribution in [-0.2, 0) is 42.2 Å². The number of hydrogen-bond donors (Lipinski definition) is 3. The highest BCUT2D eigenvalue weighted by molar-refractivity contribution is 7.47. The summed E-state index contributed by atoms with van der Waals surface area (Å²) in [7, 11) is -4.74. The molecule has 0 bridgehead atoms. The third-order valence-electron chi connectivity index (χ3n) is 9.45. The summed E-state index contributed by atoms with van der Waals surface area (Å²) in [5.41, 5.74) is 5.33. The number of carbonyl (C=O) groups excluding carboxylic acids is 2. The van der Waals surface area contributed by atoms with Gasteiger partial charge in [0.1, 0.15) is 12.6 Å². The number of phosphoric ester groups is 1. The van der Waals surface area contributed by atoms with E-state index in [1.54, 1.807) is 0 Å². The molecule has 328 valence electrons. The van der Waals surface area contributed by atoms with Gasteiger partial charge in [0.15, 0.2) is 6.10 Å². The van der Waals surface area contributed by atoms with Gasteiger partial charge in [0.05, 0.1) is 25.4 Å². The minimum atomic E-state index is -4.74. The maximum atomic E-state index is 12.6. The molecule has 1 heterocycles. The van der Waals surface area contributed by atoms with Crippen LogP contribution in [-0.4, -0.2) is 72.1 Å². The standard InChI is InChI=1S/C44H76NO11P/c1-3-5-7-9-11-12-13-14-15-16-17-18-21-25-29-33-42(46)52-35-38(36-53-57(50,51)54-37-39(45)44(48)49)55-43(47)34-30-26-22-19-20-24-28-32-41-40(56-41)31-27-23-10-8-6-4-2/h14-15,19,22-24,27-28,38-41H,3-13,16-18,20-21,25-26,29-37,45H2,1-2H3,(H,48,49)(H,50,51)/b15-14-,22-19-,27-23+,28-24-. The number of hydrogen-bond acceptors (Lipinski definition) is 10. The van der Waals surface area contributed by atoms with E-state index in [9.17, 15) is 23.8 Å². The second-order valence-corrected chi connectivity index (χ2v) is 16.3. The first-order chi connectivity index (χ1) is 27.6. The zero-order valence-corrected chi connectivity index (χ0v) is 36.0. The maximum Gasteiger partial charge on any atom is 0.472 e. The number of allylic oxidation sites excluding steroid dienone is 6. The predicted octanol–water partition coefficient (Wildman–Crippen LogP) is 10.4. The molecule has 5 unspecified atom stereocenters. The number of carboxylic acid groups (broad SMARTS) is 1. The molecule has 57 heavy (non-hydrogen) atoms. The SMILES string of the molecule is CCCCC/C=C/CC1OC1C/C=C\C/C=C\CCCC(=O)OC(COC(=O)CCCCCCC/C=C\CCCCCCCC)COP(=O)(O)OCC(N)C(=O)O. The molecule has 0 saturated carbocycles. The molecule has 1 aliphatic heterocycles. The number of rotatable bonds is 39. The van der Waals surface area contributed by atoms with Crippen LogP contribution in [0.1, 0.15) is 168 Å². The lowest BCUT2D eigenvalue weighted by Crippen LogP contribution is -2.34. The highest BCUT2D eigenvalue weighted by Crippen LogP contribution is 2.43. The fourth-order valence-corrected chi connectivity index (χ4v) is 6.64. The van der Waals surface area contributed by atoms with Crippen LogP contribution in [0.3, 0.4) is 0 Å². The first-order valence-electron chi connectivity index (χ1n) is 21.8. The molecule has 13 heteroatoms. The minimum absolute atomic E-state index is 0.0771. The van der Waals surface area contributed by atoms with Crippen LogP contribution in [0.5, 0.6) is 0 Å². The predicted molar refractivity (Wildman–Crippen MR) is 226 cm³/mol. The third kappa shape index (κ3) is 33.0.